The van der Waals surface area contributed by atoms with Crippen molar-refractivity contribution >= 4 is 44.0 Å². The monoisotopic (exact) mass is 422 g/mol. The van der Waals surface area contributed by atoms with E-state index in [1.807, 2.05) is 0 Å². The number of hydrogen-bond acceptors (Lipinski definition) is 8. The van der Waals surface area contributed by atoms with Crippen molar-refractivity contribution in [2.75, 3.05) is 36.2 Å². The SMILES string of the molecule is NCCNCCCCNc1cc(F)c(S(=O)(=O)Nc2ncns2)cc1Cl. The molecule has 0 atom stereocenters. The quantitative estimate of drug-likeness (QED) is 0.408. The molecule has 26 heavy (non-hydrogen) atoms. The fraction of sp³-hybridized carbons (Fsp3) is 0.429. The lowest BCUT2D eigenvalue weighted by Gasteiger charge is -2.12. The Balaban J connectivity index is 1.97. The number of nitrogens with zero attached hydrogens (tertiary/aromatic N) is 2. The van der Waals surface area contributed by atoms with Crippen LogP contribution in [0.4, 0.5) is 15.2 Å². The highest BCUT2D eigenvalue weighted by Gasteiger charge is 2.22. The van der Waals surface area contributed by atoms with Gasteiger partial charge in [-0.2, -0.15) is 4.37 Å². The van der Waals surface area contributed by atoms with Crippen molar-refractivity contribution in [1.82, 2.24) is 14.7 Å². The number of sulfonamides is 1. The van der Waals surface area contributed by atoms with Gasteiger partial charge in [-0.05, 0) is 31.5 Å². The summed E-state index contributed by atoms with van der Waals surface area (Å²) >= 11 is 6.94. The van der Waals surface area contributed by atoms with Crippen molar-refractivity contribution in [2.24, 2.45) is 5.73 Å². The molecule has 0 fully saturated rings. The molecule has 2 aromatic rings. The van der Waals surface area contributed by atoms with E-state index >= 15 is 0 Å². The van der Waals surface area contributed by atoms with E-state index in [1.165, 1.54) is 6.33 Å². The molecule has 0 saturated carbocycles. The fourth-order valence-electron chi connectivity index (χ4n) is 2.08. The van der Waals surface area contributed by atoms with E-state index in [0.29, 0.717) is 18.8 Å². The maximum absolute atomic E-state index is 14.3. The lowest BCUT2D eigenvalue weighted by Crippen LogP contribution is -2.23. The van der Waals surface area contributed by atoms with E-state index in [9.17, 15) is 12.8 Å². The maximum atomic E-state index is 14.3. The van der Waals surface area contributed by atoms with E-state index in [2.05, 4.69) is 24.7 Å². The number of nitrogens with one attached hydrogen (secondary N) is 3. The van der Waals surface area contributed by atoms with Gasteiger partial charge in [-0.15, -0.1) is 0 Å². The summed E-state index contributed by atoms with van der Waals surface area (Å²) < 4.78 is 44.7. The zero-order chi connectivity index (χ0) is 19.0. The molecule has 8 nitrogen and oxygen atoms in total. The van der Waals surface area contributed by atoms with Gasteiger partial charge in [0, 0.05) is 31.2 Å². The summed E-state index contributed by atoms with van der Waals surface area (Å²) in [6.07, 6.45) is 2.96. The second kappa shape index (κ2) is 9.97. The van der Waals surface area contributed by atoms with Crippen LogP contribution in [-0.4, -0.2) is 44.0 Å². The lowest BCUT2D eigenvalue weighted by molar-refractivity contribution is 0.570. The molecule has 0 saturated heterocycles. The van der Waals surface area contributed by atoms with E-state index < -0.39 is 20.7 Å². The van der Waals surface area contributed by atoms with Crippen LogP contribution in [0.1, 0.15) is 12.8 Å². The standard InChI is InChI=1S/C14H20ClFN6O2S2/c15-10-7-13(26(23,24)22-14-20-9-21-25-14)11(16)8-12(10)19-5-2-1-4-18-6-3-17/h7-9,18-19H,1-6,17H2,(H,20,21,22). The van der Waals surface area contributed by atoms with E-state index in [1.54, 1.807) is 0 Å². The second-order valence-corrected chi connectivity index (χ2v) is 8.13. The van der Waals surface area contributed by atoms with Crippen LogP contribution in [0.25, 0.3) is 0 Å². The first-order valence-electron chi connectivity index (χ1n) is 7.87. The zero-order valence-electron chi connectivity index (χ0n) is 13.8. The molecular weight excluding hydrogens is 403 g/mol. The molecule has 0 aliphatic rings. The smallest absolute Gasteiger partial charge is 0.266 e. The number of rotatable bonds is 11. The molecule has 0 aliphatic heterocycles. The summed E-state index contributed by atoms with van der Waals surface area (Å²) in [6.45, 7) is 2.79. The Morgan fingerprint density at radius 2 is 2.00 bits per heavy atom. The van der Waals surface area contributed by atoms with Gasteiger partial charge >= 0.3 is 0 Å². The first kappa shape index (κ1) is 20.8. The molecule has 1 aromatic heterocycles. The Kier molecular flexibility index (Phi) is 7.97. The molecule has 0 aliphatic carbocycles. The molecule has 2 rings (SSSR count). The van der Waals surface area contributed by atoms with Crippen LogP contribution in [0.2, 0.25) is 5.02 Å². The third kappa shape index (κ3) is 6.02. The Hall–Kier alpha value is -1.53. The minimum atomic E-state index is -4.14. The van der Waals surface area contributed by atoms with Crippen molar-refractivity contribution in [1.29, 1.82) is 0 Å². The molecule has 12 heteroatoms. The number of benzene rings is 1. The summed E-state index contributed by atoms with van der Waals surface area (Å²) in [4.78, 5) is 3.16. The van der Waals surface area contributed by atoms with Gasteiger partial charge in [0.15, 0.2) is 0 Å². The van der Waals surface area contributed by atoms with Crippen molar-refractivity contribution in [3.8, 4) is 0 Å². The molecule has 5 N–H and O–H groups in total. The molecule has 0 radical (unpaired) electrons. The van der Waals surface area contributed by atoms with Gasteiger partial charge < -0.3 is 16.4 Å². The number of aromatic nitrogens is 2. The number of anilines is 2. The summed E-state index contributed by atoms with van der Waals surface area (Å²) in [7, 11) is -4.14. The van der Waals surface area contributed by atoms with Crippen LogP contribution in [0, 0.1) is 5.82 Å². The highest BCUT2D eigenvalue weighted by molar-refractivity contribution is 7.93. The van der Waals surface area contributed by atoms with E-state index in [0.717, 1.165) is 49.6 Å². The molecule has 0 amide bonds. The Morgan fingerprint density at radius 3 is 2.69 bits per heavy atom. The first-order chi connectivity index (χ1) is 12.4. The Labute approximate surface area is 160 Å². The van der Waals surface area contributed by atoms with Crippen LogP contribution in [0.5, 0.6) is 0 Å². The van der Waals surface area contributed by atoms with Crippen molar-refractivity contribution in [3.05, 3.63) is 29.3 Å². The molecule has 144 valence electrons. The predicted molar refractivity (Wildman–Crippen MR) is 102 cm³/mol. The van der Waals surface area contributed by atoms with Gasteiger partial charge in [-0.3, -0.25) is 4.72 Å². The highest BCUT2D eigenvalue weighted by Crippen LogP contribution is 2.29. The van der Waals surface area contributed by atoms with Gasteiger partial charge in [0.2, 0.25) is 5.13 Å². The first-order valence-corrected chi connectivity index (χ1v) is 10.5. The van der Waals surface area contributed by atoms with Gasteiger partial charge in [-0.25, -0.2) is 17.8 Å². The number of hydrogen-bond donors (Lipinski definition) is 4. The Bertz CT molecular complexity index is 804. The average molecular weight is 423 g/mol. The molecule has 0 spiro atoms. The van der Waals surface area contributed by atoms with Crippen molar-refractivity contribution < 1.29 is 12.8 Å². The summed E-state index contributed by atoms with van der Waals surface area (Å²) in [5, 5.41) is 6.35. The van der Waals surface area contributed by atoms with Gasteiger partial charge in [0.05, 0.1) is 10.7 Å². The summed E-state index contributed by atoms with van der Waals surface area (Å²) in [5.41, 5.74) is 5.72. The third-order valence-corrected chi connectivity index (χ3v) is 5.69. The third-order valence-electron chi connectivity index (χ3n) is 3.31. The van der Waals surface area contributed by atoms with Crippen LogP contribution < -0.4 is 21.1 Å². The number of halogens is 2. The van der Waals surface area contributed by atoms with Crippen molar-refractivity contribution in [3.63, 3.8) is 0 Å². The van der Waals surface area contributed by atoms with Gasteiger partial charge in [0.1, 0.15) is 17.0 Å². The topological polar surface area (TPSA) is 122 Å². The van der Waals surface area contributed by atoms with Crippen LogP contribution in [0.3, 0.4) is 0 Å². The maximum Gasteiger partial charge on any atom is 0.266 e. The lowest BCUT2D eigenvalue weighted by atomic mass is 10.2. The van der Waals surface area contributed by atoms with Crippen LogP contribution in [-0.2, 0) is 10.0 Å². The minimum absolute atomic E-state index is 0.0472. The zero-order valence-corrected chi connectivity index (χ0v) is 16.2. The summed E-state index contributed by atoms with van der Waals surface area (Å²) in [6, 6.07) is 2.15. The van der Waals surface area contributed by atoms with Crippen molar-refractivity contribution in [2.45, 2.75) is 17.7 Å². The van der Waals surface area contributed by atoms with E-state index in [4.69, 9.17) is 17.3 Å². The number of nitrogens with two attached hydrogens (primary N) is 1. The molecule has 0 unspecified atom stereocenters. The predicted octanol–water partition coefficient (Wildman–Crippen LogP) is 1.87. The minimum Gasteiger partial charge on any atom is -0.384 e. The molecule has 1 aromatic carbocycles. The van der Waals surface area contributed by atoms with E-state index in [-0.39, 0.29) is 10.2 Å². The van der Waals surface area contributed by atoms with Crippen LogP contribution in [0.15, 0.2) is 23.4 Å². The Morgan fingerprint density at radius 1 is 1.23 bits per heavy atom. The molecular formula is C14H20ClFN6O2S2. The fourth-order valence-corrected chi connectivity index (χ4v) is 4.13. The van der Waals surface area contributed by atoms with Gasteiger partial charge in [-0.1, -0.05) is 11.6 Å². The number of unbranched alkanes of at least 4 members (excludes halogenated alkanes) is 1. The summed E-state index contributed by atoms with van der Waals surface area (Å²) in [5.74, 6) is -0.904. The molecule has 1 heterocycles. The largest absolute Gasteiger partial charge is 0.384 e. The van der Waals surface area contributed by atoms with Crippen LogP contribution >= 0.6 is 23.1 Å². The average Bonchev–Trinajstić information content (AvgIpc) is 3.08. The normalized spacial score (nSPS) is 11.5. The second-order valence-electron chi connectivity index (χ2n) is 5.29. The highest BCUT2D eigenvalue weighted by atomic mass is 35.5. The van der Waals surface area contributed by atoms with Gasteiger partial charge in [0.25, 0.3) is 10.0 Å². The molecule has 0 bridgehead atoms.